The Morgan fingerprint density at radius 1 is 1.53 bits per heavy atom. The summed E-state index contributed by atoms with van der Waals surface area (Å²) in [4.78, 5) is 18.1. The summed E-state index contributed by atoms with van der Waals surface area (Å²) >= 11 is 5.88. The van der Waals surface area contributed by atoms with Gasteiger partial charge >= 0.3 is 0 Å². The van der Waals surface area contributed by atoms with E-state index >= 15 is 0 Å². The first kappa shape index (κ1) is 12.3. The molecule has 0 aliphatic carbocycles. The van der Waals surface area contributed by atoms with Gasteiger partial charge in [-0.05, 0) is 45.1 Å². The first-order valence-corrected chi connectivity index (χ1v) is 6.14. The van der Waals surface area contributed by atoms with Crippen LogP contribution < -0.4 is 5.32 Å². The number of nitrogens with zero attached hydrogens (tertiary/aromatic N) is 2. The average molecular weight is 254 g/mol. The molecule has 0 spiro atoms. The number of carbonyl (C=O) groups is 1. The number of hydrogen-bond donors (Lipinski definition) is 1. The molecule has 0 saturated carbocycles. The van der Waals surface area contributed by atoms with Crippen molar-refractivity contribution in [1.29, 1.82) is 0 Å². The van der Waals surface area contributed by atoms with E-state index in [2.05, 4.69) is 22.2 Å². The van der Waals surface area contributed by atoms with E-state index in [0.717, 1.165) is 25.9 Å². The molecule has 0 bridgehead atoms. The normalized spacial score (nSPS) is 18.0. The lowest BCUT2D eigenvalue weighted by Gasteiger charge is -2.29. The fourth-order valence-electron chi connectivity index (χ4n) is 1.97. The van der Waals surface area contributed by atoms with Crippen molar-refractivity contribution in [1.82, 2.24) is 15.2 Å². The van der Waals surface area contributed by atoms with Gasteiger partial charge in [0.1, 0.15) is 5.15 Å². The Kier molecular flexibility index (Phi) is 3.97. The third-order valence-corrected chi connectivity index (χ3v) is 3.36. The first-order valence-electron chi connectivity index (χ1n) is 5.77. The second kappa shape index (κ2) is 5.47. The van der Waals surface area contributed by atoms with Crippen LogP contribution in [0, 0.1) is 0 Å². The van der Waals surface area contributed by atoms with Gasteiger partial charge in [-0.15, -0.1) is 0 Å². The zero-order valence-corrected chi connectivity index (χ0v) is 10.6. The summed E-state index contributed by atoms with van der Waals surface area (Å²) < 4.78 is 0. The number of carbonyl (C=O) groups excluding carboxylic acids is 1. The molecule has 17 heavy (non-hydrogen) atoms. The number of aromatic nitrogens is 1. The molecular weight excluding hydrogens is 238 g/mol. The van der Waals surface area contributed by atoms with Crippen LogP contribution in [0.15, 0.2) is 18.3 Å². The van der Waals surface area contributed by atoms with Crippen molar-refractivity contribution >= 4 is 17.5 Å². The van der Waals surface area contributed by atoms with Gasteiger partial charge in [-0.1, -0.05) is 11.6 Å². The summed E-state index contributed by atoms with van der Waals surface area (Å²) in [6, 6.07) is 3.66. The number of nitrogens with one attached hydrogen (secondary N) is 1. The van der Waals surface area contributed by atoms with Gasteiger partial charge in [0.05, 0.1) is 5.56 Å². The van der Waals surface area contributed by atoms with Crippen LogP contribution in [-0.4, -0.2) is 42.0 Å². The Morgan fingerprint density at radius 2 is 2.24 bits per heavy atom. The van der Waals surface area contributed by atoms with Crippen LogP contribution >= 0.6 is 11.6 Å². The summed E-state index contributed by atoms with van der Waals surface area (Å²) in [5.74, 6) is -0.127. The highest BCUT2D eigenvalue weighted by molar-refractivity contribution is 6.32. The van der Waals surface area contributed by atoms with Gasteiger partial charge in [0, 0.05) is 12.2 Å². The van der Waals surface area contributed by atoms with Gasteiger partial charge < -0.3 is 10.2 Å². The zero-order valence-electron chi connectivity index (χ0n) is 9.82. The number of likely N-dealkylation sites (tertiary alicyclic amines) is 1. The minimum absolute atomic E-state index is 0.127. The molecule has 5 heteroatoms. The second-order valence-corrected chi connectivity index (χ2v) is 4.75. The molecule has 4 nitrogen and oxygen atoms in total. The van der Waals surface area contributed by atoms with Crippen molar-refractivity contribution in [3.05, 3.63) is 29.0 Å². The fraction of sp³-hybridized carbons (Fsp3) is 0.500. The molecular formula is C12H16ClN3O. The van der Waals surface area contributed by atoms with Crippen LogP contribution in [-0.2, 0) is 0 Å². The fourth-order valence-corrected chi connectivity index (χ4v) is 2.18. The third kappa shape index (κ3) is 3.17. The Bertz CT molecular complexity index is 402. The maximum absolute atomic E-state index is 12.0. The summed E-state index contributed by atoms with van der Waals surface area (Å²) in [6.07, 6.45) is 3.55. The van der Waals surface area contributed by atoms with E-state index in [1.54, 1.807) is 18.3 Å². The predicted octanol–water partition coefficient (Wildman–Crippen LogP) is 1.56. The van der Waals surface area contributed by atoms with Crippen molar-refractivity contribution in [2.24, 2.45) is 0 Å². The molecule has 0 unspecified atom stereocenters. The van der Waals surface area contributed by atoms with Crippen molar-refractivity contribution in [2.75, 3.05) is 20.1 Å². The van der Waals surface area contributed by atoms with Crippen LogP contribution in [0.5, 0.6) is 0 Å². The highest BCUT2D eigenvalue weighted by Gasteiger charge is 2.20. The maximum Gasteiger partial charge on any atom is 0.254 e. The summed E-state index contributed by atoms with van der Waals surface area (Å²) in [7, 11) is 2.09. The topological polar surface area (TPSA) is 45.2 Å². The molecule has 2 heterocycles. The molecule has 1 N–H and O–H groups in total. The van der Waals surface area contributed by atoms with Crippen LogP contribution in [0.4, 0.5) is 0 Å². The third-order valence-electron chi connectivity index (χ3n) is 3.06. The number of hydrogen-bond acceptors (Lipinski definition) is 3. The van der Waals surface area contributed by atoms with Crippen LogP contribution in [0.1, 0.15) is 23.2 Å². The number of halogens is 1. The number of pyridine rings is 1. The molecule has 92 valence electrons. The Morgan fingerprint density at radius 3 is 2.88 bits per heavy atom. The lowest BCUT2D eigenvalue weighted by molar-refractivity contribution is 0.0916. The molecule has 1 aromatic rings. The van der Waals surface area contributed by atoms with E-state index in [1.807, 2.05) is 0 Å². The molecule has 2 rings (SSSR count). The monoisotopic (exact) mass is 253 g/mol. The standard InChI is InChI=1S/C12H16ClN3O/c1-16-7-4-9(5-8-16)15-12(17)10-3-2-6-14-11(10)13/h2-3,6,9H,4-5,7-8H2,1H3,(H,15,17). The molecule has 0 aromatic carbocycles. The van der Waals surface area contributed by atoms with Gasteiger partial charge in [-0.3, -0.25) is 4.79 Å². The minimum Gasteiger partial charge on any atom is -0.349 e. The Labute approximate surface area is 106 Å². The van der Waals surface area contributed by atoms with E-state index in [9.17, 15) is 4.79 Å². The quantitative estimate of drug-likeness (QED) is 0.814. The molecule has 1 aromatic heterocycles. The molecule has 0 radical (unpaired) electrons. The van der Waals surface area contributed by atoms with Gasteiger partial charge in [-0.2, -0.15) is 0 Å². The molecule has 1 fully saturated rings. The van der Waals surface area contributed by atoms with Gasteiger partial charge in [0.25, 0.3) is 5.91 Å². The van der Waals surface area contributed by atoms with Crippen LogP contribution in [0.2, 0.25) is 5.15 Å². The van der Waals surface area contributed by atoms with E-state index in [4.69, 9.17) is 11.6 Å². The smallest absolute Gasteiger partial charge is 0.254 e. The van der Waals surface area contributed by atoms with Crippen molar-refractivity contribution in [3.63, 3.8) is 0 Å². The molecule has 1 aliphatic heterocycles. The van der Waals surface area contributed by atoms with E-state index in [-0.39, 0.29) is 17.1 Å². The number of amides is 1. The van der Waals surface area contributed by atoms with Crippen molar-refractivity contribution in [3.8, 4) is 0 Å². The van der Waals surface area contributed by atoms with Crippen LogP contribution in [0.25, 0.3) is 0 Å². The molecule has 1 aliphatic rings. The lowest BCUT2D eigenvalue weighted by Crippen LogP contribution is -2.43. The molecule has 0 atom stereocenters. The van der Waals surface area contributed by atoms with Gasteiger partial charge in [-0.25, -0.2) is 4.98 Å². The largest absolute Gasteiger partial charge is 0.349 e. The van der Waals surface area contributed by atoms with Crippen molar-refractivity contribution in [2.45, 2.75) is 18.9 Å². The van der Waals surface area contributed by atoms with E-state index in [1.165, 1.54) is 0 Å². The SMILES string of the molecule is CN1CCC(NC(=O)c2cccnc2Cl)CC1. The maximum atomic E-state index is 12.0. The summed E-state index contributed by atoms with van der Waals surface area (Å²) in [6.45, 7) is 2.04. The highest BCUT2D eigenvalue weighted by atomic mass is 35.5. The molecule has 1 saturated heterocycles. The van der Waals surface area contributed by atoms with Crippen LogP contribution in [0.3, 0.4) is 0 Å². The van der Waals surface area contributed by atoms with E-state index < -0.39 is 0 Å². The zero-order chi connectivity index (χ0) is 12.3. The van der Waals surface area contributed by atoms with Crippen molar-refractivity contribution < 1.29 is 4.79 Å². The van der Waals surface area contributed by atoms with Gasteiger partial charge in [0.2, 0.25) is 0 Å². The Balaban J connectivity index is 1.96. The minimum atomic E-state index is -0.127. The molecule has 1 amide bonds. The summed E-state index contributed by atoms with van der Waals surface area (Å²) in [5.41, 5.74) is 0.452. The predicted molar refractivity (Wildman–Crippen MR) is 67.2 cm³/mol. The first-order chi connectivity index (χ1) is 8.16. The average Bonchev–Trinajstić information content (AvgIpc) is 2.32. The number of piperidine rings is 1. The van der Waals surface area contributed by atoms with E-state index in [0.29, 0.717) is 5.56 Å². The number of rotatable bonds is 2. The highest BCUT2D eigenvalue weighted by Crippen LogP contribution is 2.13. The second-order valence-electron chi connectivity index (χ2n) is 4.39. The van der Waals surface area contributed by atoms with Gasteiger partial charge in [0.15, 0.2) is 0 Å². The summed E-state index contributed by atoms with van der Waals surface area (Å²) in [5, 5.41) is 3.27. The Hall–Kier alpha value is -1.13. The lowest BCUT2D eigenvalue weighted by atomic mass is 10.1.